The number of nitrogens with one attached hydrogen (secondary N) is 1. The maximum Gasteiger partial charge on any atom is 0.335 e. The Balaban J connectivity index is 2.14. The first kappa shape index (κ1) is 20.7. The second-order valence-corrected chi connectivity index (χ2v) is 6.33. The highest BCUT2D eigenvalue weighted by Gasteiger charge is 2.12. The van der Waals surface area contributed by atoms with Crippen molar-refractivity contribution in [1.82, 2.24) is 5.32 Å². The summed E-state index contributed by atoms with van der Waals surface area (Å²) in [5.41, 5.74) is 5.95. The Morgan fingerprint density at radius 3 is 2.61 bits per heavy atom. The number of nitrogens with two attached hydrogens (primary N) is 1. The molecule has 0 aromatic heterocycles. The number of benzene rings is 2. The summed E-state index contributed by atoms with van der Waals surface area (Å²) >= 11 is 3.34. The van der Waals surface area contributed by atoms with Gasteiger partial charge in [-0.15, -0.1) is 0 Å². The number of carboxylic acid groups (broad SMARTS) is 1. The maximum absolute atomic E-state index is 11.7. The molecule has 28 heavy (non-hydrogen) atoms. The Morgan fingerprint density at radius 1 is 1.25 bits per heavy atom. The predicted molar refractivity (Wildman–Crippen MR) is 103 cm³/mol. The van der Waals surface area contributed by atoms with Crippen LogP contribution >= 0.6 is 15.9 Å². The van der Waals surface area contributed by atoms with Crippen molar-refractivity contribution in [2.45, 2.75) is 6.61 Å². The van der Waals surface area contributed by atoms with Crippen molar-refractivity contribution in [3.05, 3.63) is 69.2 Å². The summed E-state index contributed by atoms with van der Waals surface area (Å²) in [5, 5.41) is 19.9. The molecule has 0 aliphatic rings. The number of carbonyl (C=O) groups is 3. The fourth-order valence-electron chi connectivity index (χ4n) is 2.17. The molecule has 0 unspecified atom stereocenters. The molecule has 0 saturated carbocycles. The topological polar surface area (TPSA) is 143 Å². The monoisotopic (exact) mass is 443 g/mol. The van der Waals surface area contributed by atoms with Gasteiger partial charge in [-0.25, -0.2) is 9.59 Å². The first-order chi connectivity index (χ1) is 13.3. The van der Waals surface area contributed by atoms with Crippen molar-refractivity contribution in [3.63, 3.8) is 0 Å². The van der Waals surface area contributed by atoms with E-state index < -0.39 is 17.9 Å². The van der Waals surface area contributed by atoms with E-state index in [0.29, 0.717) is 21.3 Å². The zero-order valence-electron chi connectivity index (χ0n) is 14.3. The second kappa shape index (κ2) is 9.34. The van der Waals surface area contributed by atoms with Gasteiger partial charge in [0, 0.05) is 0 Å². The molecule has 2 aromatic rings. The van der Waals surface area contributed by atoms with Crippen molar-refractivity contribution < 1.29 is 24.2 Å². The molecule has 0 radical (unpaired) electrons. The number of hydrogen-bond donors (Lipinski definition) is 3. The van der Waals surface area contributed by atoms with Crippen LogP contribution in [-0.2, 0) is 11.4 Å². The van der Waals surface area contributed by atoms with Crippen LogP contribution in [0.15, 0.2) is 52.5 Å². The van der Waals surface area contributed by atoms with Crippen LogP contribution in [0.1, 0.15) is 21.5 Å². The summed E-state index contributed by atoms with van der Waals surface area (Å²) in [6, 6.07) is 11.9. The molecule has 0 saturated heterocycles. The van der Waals surface area contributed by atoms with E-state index in [1.165, 1.54) is 18.2 Å². The number of aromatic carboxylic acids is 1. The quantitative estimate of drug-likeness (QED) is 0.462. The normalized spacial score (nSPS) is 10.6. The zero-order valence-corrected chi connectivity index (χ0v) is 15.9. The van der Waals surface area contributed by atoms with E-state index in [1.54, 1.807) is 36.4 Å². The van der Waals surface area contributed by atoms with Gasteiger partial charge in [0.05, 0.1) is 10.0 Å². The van der Waals surface area contributed by atoms with Crippen LogP contribution in [0.25, 0.3) is 6.08 Å². The largest absolute Gasteiger partial charge is 0.488 e. The molecule has 142 valence electrons. The lowest BCUT2D eigenvalue weighted by Gasteiger charge is -2.09. The summed E-state index contributed by atoms with van der Waals surface area (Å²) in [4.78, 5) is 33.4. The Morgan fingerprint density at radius 2 is 2.00 bits per heavy atom. The van der Waals surface area contributed by atoms with Crippen molar-refractivity contribution in [1.29, 1.82) is 5.26 Å². The van der Waals surface area contributed by atoms with Gasteiger partial charge in [-0.3, -0.25) is 10.1 Å². The van der Waals surface area contributed by atoms with Gasteiger partial charge in [-0.05, 0) is 57.4 Å². The lowest BCUT2D eigenvalue weighted by molar-refractivity contribution is -0.115. The molecule has 0 bridgehead atoms. The summed E-state index contributed by atoms with van der Waals surface area (Å²) < 4.78 is 6.24. The molecular formula is C19H14BrN3O5. The molecule has 0 aliphatic heterocycles. The minimum Gasteiger partial charge on any atom is -0.488 e. The first-order valence-electron chi connectivity index (χ1n) is 7.77. The molecule has 0 atom stereocenters. The summed E-state index contributed by atoms with van der Waals surface area (Å²) in [6.45, 7) is 0.152. The molecule has 0 heterocycles. The van der Waals surface area contributed by atoms with E-state index >= 15 is 0 Å². The van der Waals surface area contributed by atoms with Crippen LogP contribution in [0.2, 0.25) is 0 Å². The minimum atomic E-state index is -1.05. The molecule has 2 aromatic carbocycles. The molecule has 3 amide bonds. The minimum absolute atomic E-state index is 0.152. The first-order valence-corrected chi connectivity index (χ1v) is 8.56. The van der Waals surface area contributed by atoms with Crippen LogP contribution in [-0.4, -0.2) is 23.0 Å². The van der Waals surface area contributed by atoms with Crippen molar-refractivity contribution in [2.24, 2.45) is 5.73 Å². The van der Waals surface area contributed by atoms with Gasteiger partial charge in [0.25, 0.3) is 5.91 Å². The van der Waals surface area contributed by atoms with Gasteiger partial charge in [0.2, 0.25) is 0 Å². The van der Waals surface area contributed by atoms with E-state index in [0.717, 1.165) is 0 Å². The number of nitriles is 1. The number of rotatable bonds is 6. The fraction of sp³-hybridized carbons (Fsp3) is 0.0526. The summed E-state index contributed by atoms with van der Waals surface area (Å²) in [6.07, 6.45) is 1.29. The molecule has 2 rings (SSSR count). The average molecular weight is 444 g/mol. The number of carboxylic acids is 1. The number of amides is 3. The number of nitrogens with zero attached hydrogens (tertiary/aromatic N) is 1. The van der Waals surface area contributed by atoms with Crippen molar-refractivity contribution in [2.75, 3.05) is 0 Å². The zero-order chi connectivity index (χ0) is 20.7. The Labute approximate surface area is 168 Å². The predicted octanol–water partition coefficient (Wildman–Crippen LogP) is 2.83. The standard InChI is InChI=1S/C19H14BrN3O5/c20-15-8-11(6-14(9-21)17(24)23-19(22)27)4-5-16(15)28-10-12-2-1-3-13(7-12)18(25)26/h1-8H,10H2,(H,25,26)(H3,22,23,24,27)/b14-6-. The number of hydrogen-bond acceptors (Lipinski definition) is 5. The highest BCUT2D eigenvalue weighted by molar-refractivity contribution is 9.10. The van der Waals surface area contributed by atoms with Crippen LogP contribution in [0.5, 0.6) is 5.75 Å². The molecule has 4 N–H and O–H groups in total. The number of imide groups is 1. The van der Waals surface area contributed by atoms with Crippen molar-refractivity contribution >= 4 is 39.9 Å². The fourth-order valence-corrected chi connectivity index (χ4v) is 2.68. The van der Waals surface area contributed by atoms with Crippen molar-refractivity contribution in [3.8, 4) is 11.8 Å². The van der Waals surface area contributed by atoms with Gasteiger partial charge in [0.1, 0.15) is 24.0 Å². The van der Waals surface area contributed by atoms with E-state index in [2.05, 4.69) is 15.9 Å². The molecule has 8 nitrogen and oxygen atoms in total. The van der Waals surface area contributed by atoms with E-state index in [9.17, 15) is 14.4 Å². The van der Waals surface area contributed by atoms with E-state index in [4.69, 9.17) is 20.8 Å². The van der Waals surface area contributed by atoms with Gasteiger partial charge in [-0.2, -0.15) is 5.26 Å². The number of halogens is 1. The van der Waals surface area contributed by atoms with Gasteiger partial charge < -0.3 is 15.6 Å². The van der Waals surface area contributed by atoms with Crippen LogP contribution < -0.4 is 15.8 Å². The number of ether oxygens (including phenoxy) is 1. The summed E-state index contributed by atoms with van der Waals surface area (Å²) in [5.74, 6) is -1.43. The van der Waals surface area contributed by atoms with Gasteiger partial charge in [-0.1, -0.05) is 18.2 Å². The molecule has 0 fully saturated rings. The van der Waals surface area contributed by atoms with Crippen LogP contribution in [0.4, 0.5) is 4.79 Å². The lowest BCUT2D eigenvalue weighted by atomic mass is 10.1. The van der Waals surface area contributed by atoms with E-state index in [-0.39, 0.29) is 17.7 Å². The SMILES string of the molecule is N#C/C(=C/c1ccc(OCc2cccc(C(=O)O)c2)c(Br)c1)C(=O)NC(N)=O. The number of urea groups is 1. The third-order valence-electron chi connectivity index (χ3n) is 3.44. The Bertz CT molecular complexity index is 1010. The van der Waals surface area contributed by atoms with Crippen LogP contribution in [0, 0.1) is 11.3 Å². The smallest absolute Gasteiger partial charge is 0.335 e. The molecular weight excluding hydrogens is 430 g/mol. The van der Waals surface area contributed by atoms with Crippen LogP contribution in [0.3, 0.4) is 0 Å². The highest BCUT2D eigenvalue weighted by atomic mass is 79.9. The molecule has 9 heteroatoms. The lowest BCUT2D eigenvalue weighted by Crippen LogP contribution is -2.35. The van der Waals surface area contributed by atoms with Gasteiger partial charge in [0.15, 0.2) is 0 Å². The summed E-state index contributed by atoms with van der Waals surface area (Å²) in [7, 11) is 0. The molecule has 0 aliphatic carbocycles. The Kier molecular flexibility index (Phi) is 6.90. The third-order valence-corrected chi connectivity index (χ3v) is 4.06. The molecule has 0 spiro atoms. The maximum atomic E-state index is 11.7. The van der Waals surface area contributed by atoms with Gasteiger partial charge >= 0.3 is 12.0 Å². The Hall–Kier alpha value is -3.64. The number of primary amides is 1. The third kappa shape index (κ3) is 5.69. The number of carbonyl (C=O) groups excluding carboxylic acids is 2. The highest BCUT2D eigenvalue weighted by Crippen LogP contribution is 2.28. The average Bonchev–Trinajstić information content (AvgIpc) is 2.65. The van der Waals surface area contributed by atoms with E-state index in [1.807, 2.05) is 5.32 Å². The second-order valence-electron chi connectivity index (χ2n) is 5.47.